The van der Waals surface area contributed by atoms with E-state index in [1.807, 2.05) is 35.2 Å². The van der Waals surface area contributed by atoms with Crippen LogP contribution < -0.4 is 15.3 Å². The number of carbonyl (C=O) groups is 1. The molecule has 0 spiro atoms. The number of aromatic nitrogens is 3. The molecule has 0 unspecified atom stereocenters. The Kier molecular flexibility index (Phi) is 3.85. The number of pyridine rings is 1. The number of rotatable bonds is 2. The van der Waals surface area contributed by atoms with E-state index in [9.17, 15) is 9.59 Å². The van der Waals surface area contributed by atoms with E-state index >= 15 is 0 Å². The Balaban J connectivity index is 1.50. The Morgan fingerprint density at radius 1 is 1.11 bits per heavy atom. The van der Waals surface area contributed by atoms with Crippen molar-refractivity contribution in [2.75, 3.05) is 31.1 Å². The molecular weight excluding hydrogens is 358 g/mol. The zero-order valence-electron chi connectivity index (χ0n) is 15.7. The molecule has 144 valence electrons. The number of aryl methyl sites for hydroxylation is 1. The molecule has 0 aliphatic carbocycles. The predicted molar refractivity (Wildman–Crippen MR) is 105 cm³/mol. The van der Waals surface area contributed by atoms with Crippen LogP contribution in [0.25, 0.3) is 5.65 Å². The third kappa shape index (κ3) is 2.64. The number of fused-ring (bicyclic) bond motifs is 2. The Hall–Kier alpha value is -3.29. The van der Waals surface area contributed by atoms with E-state index in [1.54, 1.807) is 13.2 Å². The van der Waals surface area contributed by atoms with E-state index in [4.69, 9.17) is 4.74 Å². The number of benzene rings is 1. The number of likely N-dealkylation sites (tertiary alicyclic amines) is 1. The number of nitrogens with zero attached hydrogens (tertiary/aromatic N) is 5. The second-order valence-electron chi connectivity index (χ2n) is 7.20. The van der Waals surface area contributed by atoms with Gasteiger partial charge in [0.15, 0.2) is 5.65 Å². The van der Waals surface area contributed by atoms with Gasteiger partial charge >= 0.3 is 5.69 Å². The summed E-state index contributed by atoms with van der Waals surface area (Å²) in [4.78, 5) is 28.7. The van der Waals surface area contributed by atoms with E-state index in [-0.39, 0.29) is 11.6 Å². The molecule has 0 saturated carbocycles. The molecule has 8 nitrogen and oxygen atoms in total. The monoisotopic (exact) mass is 379 g/mol. The summed E-state index contributed by atoms with van der Waals surface area (Å²) in [5.74, 6) is 0.768. The number of hydrogen-bond acceptors (Lipinski definition) is 5. The van der Waals surface area contributed by atoms with E-state index in [1.165, 1.54) is 9.08 Å². The highest BCUT2D eigenvalue weighted by Crippen LogP contribution is 2.37. The van der Waals surface area contributed by atoms with E-state index < -0.39 is 0 Å². The molecule has 8 heteroatoms. The van der Waals surface area contributed by atoms with Crippen LogP contribution in [-0.2, 0) is 7.05 Å². The minimum Gasteiger partial charge on any atom is -0.490 e. The lowest BCUT2D eigenvalue weighted by molar-refractivity contribution is 0.0792. The minimum atomic E-state index is -0.172. The average Bonchev–Trinajstić information content (AvgIpc) is 3.35. The molecule has 28 heavy (non-hydrogen) atoms. The van der Waals surface area contributed by atoms with Crippen LogP contribution in [0.3, 0.4) is 0 Å². The van der Waals surface area contributed by atoms with E-state index in [0.29, 0.717) is 30.1 Å². The SMILES string of the molecule is Cn1nc2cc(N3CCOc4cc(C(=O)N5CCCC5)ccc43)ccn2c1=O. The maximum absolute atomic E-state index is 12.7. The molecule has 2 aromatic heterocycles. The van der Waals surface area contributed by atoms with Gasteiger partial charge in [-0.3, -0.25) is 9.20 Å². The van der Waals surface area contributed by atoms with Crippen molar-refractivity contribution < 1.29 is 9.53 Å². The van der Waals surface area contributed by atoms with Gasteiger partial charge in [-0.05, 0) is 37.1 Å². The summed E-state index contributed by atoms with van der Waals surface area (Å²) in [5.41, 5.74) is 2.93. The third-order valence-electron chi connectivity index (χ3n) is 5.43. The summed E-state index contributed by atoms with van der Waals surface area (Å²) >= 11 is 0. The maximum Gasteiger partial charge on any atom is 0.350 e. The standard InChI is InChI=1S/C20H21N5O3/c1-22-20(27)25-9-6-15(13-18(25)21-22)24-10-11-28-17-12-14(4-5-16(17)24)19(26)23-7-2-3-8-23/h4-6,9,12-13H,2-3,7-8,10-11H2,1H3. The summed E-state index contributed by atoms with van der Waals surface area (Å²) in [6, 6.07) is 9.43. The summed E-state index contributed by atoms with van der Waals surface area (Å²) in [6.07, 6.45) is 3.88. The molecule has 0 radical (unpaired) electrons. The molecule has 5 rings (SSSR count). The Morgan fingerprint density at radius 3 is 2.75 bits per heavy atom. The van der Waals surface area contributed by atoms with Gasteiger partial charge in [0.1, 0.15) is 12.4 Å². The maximum atomic E-state index is 12.7. The predicted octanol–water partition coefficient (Wildman–Crippen LogP) is 1.80. The fraction of sp³-hybridized carbons (Fsp3) is 0.350. The van der Waals surface area contributed by atoms with Crippen LogP contribution in [0.2, 0.25) is 0 Å². The van der Waals surface area contributed by atoms with Gasteiger partial charge in [-0.1, -0.05) is 0 Å². The van der Waals surface area contributed by atoms with Crippen LogP contribution >= 0.6 is 0 Å². The first-order valence-electron chi connectivity index (χ1n) is 9.51. The Morgan fingerprint density at radius 2 is 1.93 bits per heavy atom. The highest BCUT2D eigenvalue weighted by Gasteiger charge is 2.24. The zero-order chi connectivity index (χ0) is 19.3. The normalized spacial score (nSPS) is 16.3. The molecular formula is C20H21N5O3. The van der Waals surface area contributed by atoms with E-state index in [2.05, 4.69) is 10.00 Å². The second kappa shape index (κ2) is 6.40. The van der Waals surface area contributed by atoms with Crippen molar-refractivity contribution in [2.24, 2.45) is 7.05 Å². The van der Waals surface area contributed by atoms with Gasteiger partial charge in [-0.2, -0.15) is 5.10 Å². The van der Waals surface area contributed by atoms with Crippen molar-refractivity contribution in [3.63, 3.8) is 0 Å². The molecule has 0 bridgehead atoms. The van der Waals surface area contributed by atoms with Gasteiger partial charge in [0.05, 0.1) is 12.2 Å². The molecule has 1 fully saturated rings. The highest BCUT2D eigenvalue weighted by molar-refractivity contribution is 5.95. The van der Waals surface area contributed by atoms with E-state index in [0.717, 1.165) is 37.3 Å². The van der Waals surface area contributed by atoms with Gasteiger partial charge in [-0.15, -0.1) is 0 Å². The molecule has 1 aromatic carbocycles. The molecule has 3 aromatic rings. The lowest BCUT2D eigenvalue weighted by Gasteiger charge is -2.31. The number of hydrogen-bond donors (Lipinski definition) is 0. The Labute approximate surface area is 161 Å². The van der Waals surface area contributed by atoms with Crippen molar-refractivity contribution >= 4 is 22.9 Å². The number of carbonyl (C=O) groups excluding carboxylic acids is 1. The van der Waals surface area contributed by atoms with Crippen molar-refractivity contribution in [3.8, 4) is 5.75 Å². The van der Waals surface area contributed by atoms with Crippen molar-refractivity contribution in [2.45, 2.75) is 12.8 Å². The Bertz CT molecular complexity index is 1130. The number of ether oxygens (including phenoxy) is 1. The molecule has 1 amide bonds. The average molecular weight is 379 g/mol. The largest absolute Gasteiger partial charge is 0.490 e. The molecule has 2 aliphatic rings. The fourth-order valence-electron chi connectivity index (χ4n) is 3.96. The molecule has 0 N–H and O–H groups in total. The van der Waals surface area contributed by atoms with Gasteiger partial charge in [-0.25, -0.2) is 9.48 Å². The van der Waals surface area contributed by atoms with Crippen LogP contribution in [0.4, 0.5) is 11.4 Å². The smallest absolute Gasteiger partial charge is 0.350 e. The molecule has 1 saturated heterocycles. The number of amides is 1. The molecule has 4 heterocycles. The second-order valence-corrected chi connectivity index (χ2v) is 7.20. The van der Waals surface area contributed by atoms with Crippen LogP contribution in [0.15, 0.2) is 41.3 Å². The van der Waals surface area contributed by atoms with Crippen LogP contribution in [0.1, 0.15) is 23.2 Å². The first-order valence-corrected chi connectivity index (χ1v) is 9.51. The third-order valence-corrected chi connectivity index (χ3v) is 5.43. The van der Waals surface area contributed by atoms with Crippen LogP contribution in [0.5, 0.6) is 5.75 Å². The zero-order valence-corrected chi connectivity index (χ0v) is 15.7. The minimum absolute atomic E-state index is 0.0651. The van der Waals surface area contributed by atoms with Crippen molar-refractivity contribution in [3.05, 3.63) is 52.6 Å². The highest BCUT2D eigenvalue weighted by atomic mass is 16.5. The summed E-state index contributed by atoms with van der Waals surface area (Å²) in [6.45, 7) is 2.85. The van der Waals surface area contributed by atoms with Gasteiger partial charge < -0.3 is 14.5 Å². The lowest BCUT2D eigenvalue weighted by Crippen LogP contribution is -2.30. The van der Waals surface area contributed by atoms with Gasteiger partial charge in [0.25, 0.3) is 5.91 Å². The fourth-order valence-corrected chi connectivity index (χ4v) is 3.96. The van der Waals surface area contributed by atoms with Gasteiger partial charge in [0.2, 0.25) is 0 Å². The summed E-state index contributed by atoms with van der Waals surface area (Å²) in [7, 11) is 1.64. The van der Waals surface area contributed by atoms with Crippen LogP contribution in [-0.4, -0.2) is 51.2 Å². The van der Waals surface area contributed by atoms with Crippen LogP contribution in [0, 0.1) is 0 Å². The topological polar surface area (TPSA) is 72.1 Å². The van der Waals surface area contributed by atoms with Crippen molar-refractivity contribution in [1.82, 2.24) is 19.1 Å². The summed E-state index contributed by atoms with van der Waals surface area (Å²) < 4.78 is 8.69. The lowest BCUT2D eigenvalue weighted by atomic mass is 10.1. The van der Waals surface area contributed by atoms with Crippen molar-refractivity contribution in [1.29, 1.82) is 0 Å². The molecule has 0 atom stereocenters. The molecule has 2 aliphatic heterocycles. The summed E-state index contributed by atoms with van der Waals surface area (Å²) in [5, 5.41) is 4.26. The van der Waals surface area contributed by atoms with Gasteiger partial charge in [0, 0.05) is 43.7 Å². The number of anilines is 2. The first kappa shape index (κ1) is 16.9. The first-order chi connectivity index (χ1) is 13.6. The quantitative estimate of drug-likeness (QED) is 0.679.